The molecule has 1 rings (SSSR count). The van der Waals surface area contributed by atoms with E-state index >= 15 is 0 Å². The van der Waals surface area contributed by atoms with Crippen molar-refractivity contribution < 1.29 is 0 Å². The van der Waals surface area contributed by atoms with Crippen molar-refractivity contribution in [3.63, 3.8) is 0 Å². The molecule has 1 N–H and O–H groups in total. The van der Waals surface area contributed by atoms with Gasteiger partial charge in [-0.3, -0.25) is 0 Å². The Hall–Kier alpha value is -0.990. The van der Waals surface area contributed by atoms with Crippen LogP contribution in [-0.2, 0) is 0 Å². The molecule has 0 bridgehead atoms. The molecule has 3 heteroatoms. The molecule has 0 aromatic heterocycles. The topological polar surface area (TPSA) is 15.3 Å². The van der Waals surface area contributed by atoms with Gasteiger partial charge in [0.2, 0.25) is 0 Å². The van der Waals surface area contributed by atoms with E-state index in [4.69, 9.17) is 11.6 Å². The summed E-state index contributed by atoms with van der Waals surface area (Å²) >= 11 is 6.39. The first-order valence-corrected chi connectivity index (χ1v) is 7.32. The summed E-state index contributed by atoms with van der Waals surface area (Å²) in [5.74, 6) is 0. The highest BCUT2D eigenvalue weighted by atomic mass is 35.5. The molecule has 0 amide bonds. The monoisotopic (exact) mass is 280 g/mol. The van der Waals surface area contributed by atoms with Gasteiger partial charge in [0.15, 0.2) is 0 Å². The number of anilines is 1. The molecule has 0 saturated carbocycles. The van der Waals surface area contributed by atoms with Crippen LogP contribution in [-0.4, -0.2) is 20.1 Å². The van der Waals surface area contributed by atoms with Crippen LogP contribution in [0, 0.1) is 0 Å². The normalized spacial score (nSPS) is 12.2. The van der Waals surface area contributed by atoms with E-state index in [1.807, 2.05) is 6.08 Å². The molecule has 1 atom stereocenters. The number of halogens is 1. The fraction of sp³-hybridized carbons (Fsp3) is 0.500. The predicted octanol–water partition coefficient (Wildman–Crippen LogP) is 4.41. The van der Waals surface area contributed by atoms with Crippen LogP contribution in [0.15, 0.2) is 30.9 Å². The van der Waals surface area contributed by atoms with Gasteiger partial charge in [-0.15, -0.1) is 6.58 Å². The molecule has 0 heterocycles. The van der Waals surface area contributed by atoms with Crippen LogP contribution in [0.25, 0.3) is 0 Å². The molecule has 2 nitrogen and oxygen atoms in total. The van der Waals surface area contributed by atoms with Gasteiger partial charge in [-0.1, -0.05) is 30.7 Å². The Kier molecular flexibility index (Phi) is 6.96. The number of benzene rings is 1. The average Bonchev–Trinajstić information content (AvgIpc) is 2.39. The summed E-state index contributed by atoms with van der Waals surface area (Å²) in [5.41, 5.74) is 2.33. The Bertz CT molecular complexity index is 404. The minimum absolute atomic E-state index is 0.336. The number of allylic oxidation sites excluding steroid dienone is 1. The summed E-state index contributed by atoms with van der Waals surface area (Å²) in [5, 5.41) is 4.22. The molecule has 0 aliphatic rings. The number of hydrogen-bond acceptors (Lipinski definition) is 2. The fourth-order valence-electron chi connectivity index (χ4n) is 2.12. The second-order valence-corrected chi connectivity index (χ2v) is 5.25. The van der Waals surface area contributed by atoms with Gasteiger partial charge in [0.25, 0.3) is 0 Å². The number of rotatable bonds is 8. The SMILES string of the molecule is C=CCCCN(C)c1ccc(C(C)NCC)cc1Cl. The van der Waals surface area contributed by atoms with Gasteiger partial charge in [0.05, 0.1) is 10.7 Å². The van der Waals surface area contributed by atoms with Crippen molar-refractivity contribution in [1.82, 2.24) is 5.32 Å². The van der Waals surface area contributed by atoms with Crippen molar-refractivity contribution in [2.24, 2.45) is 0 Å². The van der Waals surface area contributed by atoms with E-state index in [1.54, 1.807) is 0 Å². The number of nitrogens with zero attached hydrogens (tertiary/aromatic N) is 1. The first-order chi connectivity index (χ1) is 9.10. The van der Waals surface area contributed by atoms with Gasteiger partial charge >= 0.3 is 0 Å². The first-order valence-electron chi connectivity index (χ1n) is 6.95. The summed E-state index contributed by atoms with van der Waals surface area (Å²) in [7, 11) is 2.08. The maximum absolute atomic E-state index is 6.39. The molecule has 19 heavy (non-hydrogen) atoms. The third-order valence-electron chi connectivity index (χ3n) is 3.30. The molecule has 0 radical (unpaired) electrons. The minimum Gasteiger partial charge on any atom is -0.373 e. The summed E-state index contributed by atoms with van der Waals surface area (Å²) in [4.78, 5) is 2.20. The average molecular weight is 281 g/mol. The predicted molar refractivity (Wildman–Crippen MR) is 86.2 cm³/mol. The molecule has 1 aromatic carbocycles. The Balaban J connectivity index is 2.73. The number of hydrogen-bond donors (Lipinski definition) is 1. The Morgan fingerprint density at radius 1 is 1.47 bits per heavy atom. The molecule has 1 unspecified atom stereocenters. The van der Waals surface area contributed by atoms with Crippen molar-refractivity contribution in [2.45, 2.75) is 32.7 Å². The van der Waals surface area contributed by atoms with Crippen molar-refractivity contribution >= 4 is 17.3 Å². The molecule has 1 aromatic rings. The maximum Gasteiger partial charge on any atom is 0.0642 e. The van der Waals surface area contributed by atoms with Gasteiger partial charge in [0, 0.05) is 19.6 Å². The molecule has 0 fully saturated rings. The van der Waals surface area contributed by atoms with Gasteiger partial charge in [-0.05, 0) is 44.0 Å². The second kappa shape index (κ2) is 8.23. The zero-order valence-electron chi connectivity index (χ0n) is 12.2. The standard InChI is InChI=1S/C16H25ClN2/c1-5-7-8-11-19(4)16-10-9-14(12-15(16)17)13(3)18-6-2/h5,9-10,12-13,18H,1,6-8,11H2,2-4H3. The summed E-state index contributed by atoms with van der Waals surface area (Å²) < 4.78 is 0. The van der Waals surface area contributed by atoms with Gasteiger partial charge < -0.3 is 10.2 Å². The van der Waals surface area contributed by atoms with Crippen molar-refractivity contribution in [3.8, 4) is 0 Å². The largest absolute Gasteiger partial charge is 0.373 e. The fourth-order valence-corrected chi connectivity index (χ4v) is 2.45. The van der Waals surface area contributed by atoms with E-state index in [2.05, 4.69) is 55.9 Å². The van der Waals surface area contributed by atoms with E-state index in [0.29, 0.717) is 6.04 Å². The van der Waals surface area contributed by atoms with Crippen LogP contribution in [0.2, 0.25) is 5.02 Å². The van der Waals surface area contributed by atoms with Crippen LogP contribution in [0.3, 0.4) is 0 Å². The van der Waals surface area contributed by atoms with E-state index in [1.165, 1.54) is 5.56 Å². The van der Waals surface area contributed by atoms with Crippen molar-refractivity contribution in [3.05, 3.63) is 41.4 Å². The zero-order valence-corrected chi connectivity index (χ0v) is 13.0. The zero-order chi connectivity index (χ0) is 14.3. The lowest BCUT2D eigenvalue weighted by atomic mass is 10.1. The number of nitrogens with one attached hydrogen (secondary N) is 1. The molecule has 106 valence electrons. The lowest BCUT2D eigenvalue weighted by molar-refractivity contribution is 0.598. The first kappa shape index (κ1) is 16.1. The highest BCUT2D eigenvalue weighted by molar-refractivity contribution is 6.33. The lowest BCUT2D eigenvalue weighted by Gasteiger charge is -2.22. The molecule has 0 aliphatic heterocycles. The van der Waals surface area contributed by atoms with E-state index < -0.39 is 0 Å². The van der Waals surface area contributed by atoms with Crippen LogP contribution in [0.4, 0.5) is 5.69 Å². The number of unbranched alkanes of at least 4 members (excludes halogenated alkanes) is 1. The van der Waals surface area contributed by atoms with Crippen LogP contribution >= 0.6 is 11.6 Å². The van der Waals surface area contributed by atoms with E-state index in [-0.39, 0.29) is 0 Å². The second-order valence-electron chi connectivity index (χ2n) is 4.84. The minimum atomic E-state index is 0.336. The van der Waals surface area contributed by atoms with Crippen LogP contribution in [0.1, 0.15) is 38.3 Å². The van der Waals surface area contributed by atoms with Gasteiger partial charge in [-0.2, -0.15) is 0 Å². The smallest absolute Gasteiger partial charge is 0.0642 e. The Morgan fingerprint density at radius 2 is 2.21 bits per heavy atom. The van der Waals surface area contributed by atoms with E-state index in [9.17, 15) is 0 Å². The Morgan fingerprint density at radius 3 is 2.79 bits per heavy atom. The molecular weight excluding hydrogens is 256 g/mol. The molecular formula is C16H25ClN2. The Labute approximate surface area is 122 Å². The molecule has 0 aliphatic carbocycles. The maximum atomic E-state index is 6.39. The van der Waals surface area contributed by atoms with Crippen LogP contribution in [0.5, 0.6) is 0 Å². The third-order valence-corrected chi connectivity index (χ3v) is 3.60. The van der Waals surface area contributed by atoms with Crippen LogP contribution < -0.4 is 10.2 Å². The third kappa shape index (κ3) is 4.88. The lowest BCUT2D eigenvalue weighted by Crippen LogP contribution is -2.20. The summed E-state index contributed by atoms with van der Waals surface area (Å²) in [6.07, 6.45) is 4.10. The van der Waals surface area contributed by atoms with Crippen molar-refractivity contribution in [2.75, 3.05) is 25.0 Å². The quantitative estimate of drug-likeness (QED) is 0.560. The van der Waals surface area contributed by atoms with Crippen molar-refractivity contribution in [1.29, 1.82) is 0 Å². The molecule has 0 saturated heterocycles. The van der Waals surface area contributed by atoms with E-state index in [0.717, 1.165) is 36.6 Å². The highest BCUT2D eigenvalue weighted by Gasteiger charge is 2.09. The van der Waals surface area contributed by atoms with Gasteiger partial charge in [0.1, 0.15) is 0 Å². The molecule has 0 spiro atoms. The summed E-state index contributed by atoms with van der Waals surface area (Å²) in [6.45, 7) is 9.97. The highest BCUT2D eigenvalue weighted by Crippen LogP contribution is 2.28. The van der Waals surface area contributed by atoms with Gasteiger partial charge in [-0.25, -0.2) is 0 Å². The summed E-state index contributed by atoms with van der Waals surface area (Å²) in [6, 6.07) is 6.66.